The molecule has 0 bridgehead atoms. The zero-order valence-electron chi connectivity index (χ0n) is 11.2. The van der Waals surface area contributed by atoms with E-state index in [9.17, 15) is 18.3 Å². The predicted molar refractivity (Wildman–Crippen MR) is 68.8 cm³/mol. The maximum absolute atomic E-state index is 12.6. The molecule has 0 radical (unpaired) electrons. The Balaban J connectivity index is 2.60. The first-order chi connectivity index (χ1) is 8.84. The molecular weight excluding hydrogens is 255 g/mol. The summed E-state index contributed by atoms with van der Waals surface area (Å²) in [5.74, 6) is 0. The molecule has 0 heterocycles. The summed E-state index contributed by atoms with van der Waals surface area (Å²) in [4.78, 5) is 0. The Labute approximate surface area is 111 Å². The molecule has 0 fully saturated rings. The topological polar surface area (TPSA) is 32.3 Å². The van der Waals surface area contributed by atoms with Crippen molar-refractivity contribution in [3.8, 4) is 0 Å². The van der Waals surface area contributed by atoms with E-state index < -0.39 is 11.7 Å². The summed E-state index contributed by atoms with van der Waals surface area (Å²) in [6.07, 6.45) is -3.39. The molecule has 0 aliphatic rings. The first-order valence-corrected chi connectivity index (χ1v) is 6.43. The molecule has 5 heteroatoms. The SMILES string of the molecule is CCC(O)CCNC(C)c1cccc(C(F)(F)F)c1. The molecule has 0 aliphatic carbocycles. The van der Waals surface area contributed by atoms with Gasteiger partial charge in [-0.2, -0.15) is 13.2 Å². The van der Waals surface area contributed by atoms with Crippen LogP contribution >= 0.6 is 0 Å². The number of aliphatic hydroxyl groups excluding tert-OH is 1. The van der Waals surface area contributed by atoms with Crippen molar-refractivity contribution in [1.29, 1.82) is 0 Å². The van der Waals surface area contributed by atoms with Crippen LogP contribution in [-0.2, 0) is 6.18 Å². The van der Waals surface area contributed by atoms with Gasteiger partial charge >= 0.3 is 6.18 Å². The van der Waals surface area contributed by atoms with Gasteiger partial charge in [-0.25, -0.2) is 0 Å². The number of benzene rings is 1. The van der Waals surface area contributed by atoms with Crippen LogP contribution in [0.25, 0.3) is 0 Å². The van der Waals surface area contributed by atoms with Gasteiger partial charge in [0.15, 0.2) is 0 Å². The number of hydrogen-bond acceptors (Lipinski definition) is 2. The fourth-order valence-electron chi connectivity index (χ4n) is 1.77. The molecule has 108 valence electrons. The van der Waals surface area contributed by atoms with Crippen LogP contribution in [0.4, 0.5) is 13.2 Å². The Morgan fingerprint density at radius 2 is 2.00 bits per heavy atom. The molecule has 1 aromatic rings. The van der Waals surface area contributed by atoms with Crippen LogP contribution in [-0.4, -0.2) is 17.8 Å². The maximum atomic E-state index is 12.6. The summed E-state index contributed by atoms with van der Waals surface area (Å²) in [6.45, 7) is 4.28. The molecule has 2 unspecified atom stereocenters. The summed E-state index contributed by atoms with van der Waals surface area (Å²) in [7, 11) is 0. The van der Waals surface area contributed by atoms with Crippen molar-refractivity contribution in [3.05, 3.63) is 35.4 Å². The van der Waals surface area contributed by atoms with Gasteiger partial charge in [-0.15, -0.1) is 0 Å². The maximum Gasteiger partial charge on any atom is 0.416 e. The Bertz CT molecular complexity index is 393. The highest BCUT2D eigenvalue weighted by Crippen LogP contribution is 2.30. The molecule has 0 spiro atoms. The van der Waals surface area contributed by atoms with Crippen molar-refractivity contribution >= 4 is 0 Å². The Kier molecular flexibility index (Phi) is 5.82. The van der Waals surface area contributed by atoms with Gasteiger partial charge in [0.05, 0.1) is 11.7 Å². The lowest BCUT2D eigenvalue weighted by Crippen LogP contribution is -2.23. The summed E-state index contributed by atoms with van der Waals surface area (Å²) < 4.78 is 37.7. The zero-order chi connectivity index (χ0) is 14.5. The van der Waals surface area contributed by atoms with Gasteiger partial charge in [0.2, 0.25) is 0 Å². The Hall–Kier alpha value is -1.07. The average Bonchev–Trinajstić information content (AvgIpc) is 2.37. The predicted octanol–water partition coefficient (Wildman–Crippen LogP) is 3.52. The molecule has 19 heavy (non-hydrogen) atoms. The minimum absolute atomic E-state index is 0.175. The molecule has 0 saturated carbocycles. The number of alkyl halides is 3. The molecule has 1 aromatic carbocycles. The lowest BCUT2D eigenvalue weighted by Gasteiger charge is -2.17. The lowest BCUT2D eigenvalue weighted by molar-refractivity contribution is -0.137. The van der Waals surface area contributed by atoms with E-state index in [0.717, 1.165) is 12.1 Å². The summed E-state index contributed by atoms with van der Waals surface area (Å²) in [6, 6.07) is 5.14. The zero-order valence-corrected chi connectivity index (χ0v) is 11.2. The molecule has 0 saturated heterocycles. The van der Waals surface area contributed by atoms with Gasteiger partial charge in [-0.1, -0.05) is 19.1 Å². The molecule has 0 aromatic heterocycles. The van der Waals surface area contributed by atoms with Gasteiger partial charge < -0.3 is 10.4 Å². The normalized spacial score (nSPS) is 15.3. The van der Waals surface area contributed by atoms with E-state index >= 15 is 0 Å². The highest BCUT2D eigenvalue weighted by Gasteiger charge is 2.30. The first-order valence-electron chi connectivity index (χ1n) is 6.43. The van der Waals surface area contributed by atoms with Crippen LogP contribution in [0, 0.1) is 0 Å². The van der Waals surface area contributed by atoms with E-state index in [1.807, 2.05) is 13.8 Å². The third-order valence-corrected chi connectivity index (χ3v) is 3.11. The van der Waals surface area contributed by atoms with Crippen LogP contribution in [0.1, 0.15) is 43.9 Å². The van der Waals surface area contributed by atoms with E-state index in [0.29, 0.717) is 24.9 Å². The second kappa shape index (κ2) is 6.91. The van der Waals surface area contributed by atoms with Crippen molar-refractivity contribution in [1.82, 2.24) is 5.32 Å². The van der Waals surface area contributed by atoms with Crippen LogP contribution in [0.3, 0.4) is 0 Å². The average molecular weight is 275 g/mol. The fourth-order valence-corrected chi connectivity index (χ4v) is 1.77. The van der Waals surface area contributed by atoms with Crippen molar-refractivity contribution in [2.24, 2.45) is 0 Å². The summed E-state index contributed by atoms with van der Waals surface area (Å²) in [5, 5.41) is 12.5. The van der Waals surface area contributed by atoms with E-state index in [4.69, 9.17) is 0 Å². The molecule has 2 nitrogen and oxygen atoms in total. The molecule has 2 atom stereocenters. The number of hydrogen-bond donors (Lipinski definition) is 2. The van der Waals surface area contributed by atoms with Gasteiger partial charge in [-0.3, -0.25) is 0 Å². The minimum atomic E-state index is -4.31. The summed E-state index contributed by atoms with van der Waals surface area (Å²) in [5.41, 5.74) is -0.0342. The second-order valence-electron chi connectivity index (χ2n) is 4.65. The number of rotatable bonds is 6. The van der Waals surface area contributed by atoms with Crippen molar-refractivity contribution in [2.45, 2.75) is 45.0 Å². The molecule has 0 amide bonds. The molecular formula is C14H20F3NO. The number of nitrogens with one attached hydrogen (secondary N) is 1. The van der Waals surface area contributed by atoms with Crippen molar-refractivity contribution < 1.29 is 18.3 Å². The highest BCUT2D eigenvalue weighted by atomic mass is 19.4. The van der Waals surface area contributed by atoms with Gasteiger partial charge in [0.25, 0.3) is 0 Å². The minimum Gasteiger partial charge on any atom is -0.393 e. The van der Waals surface area contributed by atoms with Crippen molar-refractivity contribution in [2.75, 3.05) is 6.54 Å². The molecule has 0 aliphatic heterocycles. The lowest BCUT2D eigenvalue weighted by atomic mass is 10.0. The third-order valence-electron chi connectivity index (χ3n) is 3.11. The largest absolute Gasteiger partial charge is 0.416 e. The van der Waals surface area contributed by atoms with Crippen molar-refractivity contribution in [3.63, 3.8) is 0 Å². The highest BCUT2D eigenvalue weighted by molar-refractivity contribution is 5.27. The van der Waals surface area contributed by atoms with Crippen LogP contribution in [0.15, 0.2) is 24.3 Å². The fraction of sp³-hybridized carbons (Fsp3) is 0.571. The van der Waals surface area contributed by atoms with Crippen LogP contribution in [0.5, 0.6) is 0 Å². The van der Waals surface area contributed by atoms with Crippen LogP contribution < -0.4 is 5.32 Å². The quantitative estimate of drug-likeness (QED) is 0.832. The number of halogens is 3. The van der Waals surface area contributed by atoms with E-state index in [-0.39, 0.29) is 12.1 Å². The van der Waals surface area contributed by atoms with Crippen LogP contribution in [0.2, 0.25) is 0 Å². The number of aliphatic hydroxyl groups is 1. The molecule has 1 rings (SSSR count). The first kappa shape index (κ1) is 16.0. The van der Waals surface area contributed by atoms with E-state index in [1.165, 1.54) is 6.07 Å². The van der Waals surface area contributed by atoms with E-state index in [1.54, 1.807) is 6.07 Å². The standard InChI is InChI=1S/C14H20F3NO/c1-3-13(19)7-8-18-10(2)11-5-4-6-12(9-11)14(15,16)17/h4-6,9-10,13,18-19H,3,7-8H2,1-2H3. The monoisotopic (exact) mass is 275 g/mol. The smallest absolute Gasteiger partial charge is 0.393 e. The third kappa shape index (κ3) is 5.20. The Morgan fingerprint density at radius 3 is 2.58 bits per heavy atom. The van der Waals surface area contributed by atoms with E-state index in [2.05, 4.69) is 5.32 Å². The summed E-state index contributed by atoms with van der Waals surface area (Å²) >= 11 is 0. The second-order valence-corrected chi connectivity index (χ2v) is 4.65. The molecule has 2 N–H and O–H groups in total. The van der Waals surface area contributed by atoms with Gasteiger partial charge in [0.1, 0.15) is 0 Å². The Morgan fingerprint density at radius 1 is 1.32 bits per heavy atom. The van der Waals surface area contributed by atoms with Gasteiger partial charge in [0, 0.05) is 6.04 Å². The van der Waals surface area contributed by atoms with Gasteiger partial charge in [-0.05, 0) is 44.0 Å².